The van der Waals surface area contributed by atoms with Crippen LogP contribution in [0, 0.1) is 0 Å². The molecule has 0 spiro atoms. The van der Waals surface area contributed by atoms with Crippen LogP contribution in [-0.2, 0) is 6.54 Å². The topological polar surface area (TPSA) is 64.2 Å². The summed E-state index contributed by atoms with van der Waals surface area (Å²) in [5.41, 5.74) is 3.49. The molecule has 0 radical (unpaired) electrons. The van der Waals surface area contributed by atoms with E-state index in [4.69, 9.17) is 4.42 Å². The number of nitrogens with zero attached hydrogens (tertiary/aromatic N) is 4. The fourth-order valence-corrected chi connectivity index (χ4v) is 3.66. The maximum Gasteiger partial charge on any atom is 0.275 e. The highest BCUT2D eigenvalue weighted by molar-refractivity contribution is 5.92. The number of fused-ring (bicyclic) bond motifs is 1. The standard InChI is InChI=1S/C22H20N4O2.C2H6/c27-22(25-11-3-4-12-25)19-15-28-21(24-19)17-9-7-16(8-10-17)14-26-20-6-2-1-5-18(20)13-23-26;1-2/h1-2,5-10,13,15H,3-4,11-12,14H2;1-2H3. The second-order valence-electron chi connectivity index (χ2n) is 7.10. The van der Waals surface area contributed by atoms with Crippen LogP contribution in [0.2, 0.25) is 0 Å². The second-order valence-corrected chi connectivity index (χ2v) is 7.10. The molecule has 6 heteroatoms. The van der Waals surface area contributed by atoms with Crippen LogP contribution in [-0.4, -0.2) is 38.7 Å². The van der Waals surface area contributed by atoms with Gasteiger partial charge in [0.15, 0.2) is 5.69 Å². The zero-order valence-corrected chi connectivity index (χ0v) is 17.4. The van der Waals surface area contributed by atoms with Gasteiger partial charge < -0.3 is 9.32 Å². The number of carbonyl (C=O) groups is 1. The van der Waals surface area contributed by atoms with Crippen molar-refractivity contribution >= 4 is 16.8 Å². The molecule has 0 saturated carbocycles. The second kappa shape index (κ2) is 8.95. The van der Waals surface area contributed by atoms with Gasteiger partial charge in [-0.05, 0) is 36.6 Å². The number of amides is 1. The molecule has 154 valence electrons. The number of rotatable bonds is 4. The first-order chi connectivity index (χ1) is 14.8. The average Bonchev–Trinajstić information content (AvgIpc) is 3.57. The first-order valence-electron chi connectivity index (χ1n) is 10.5. The van der Waals surface area contributed by atoms with Crippen molar-refractivity contribution in [3.63, 3.8) is 0 Å². The van der Waals surface area contributed by atoms with E-state index in [-0.39, 0.29) is 5.91 Å². The first kappa shape index (κ1) is 19.9. The number of hydrogen-bond acceptors (Lipinski definition) is 4. The largest absolute Gasteiger partial charge is 0.444 e. The van der Waals surface area contributed by atoms with Crippen LogP contribution in [0.4, 0.5) is 0 Å². The summed E-state index contributed by atoms with van der Waals surface area (Å²) in [5, 5.41) is 5.61. The van der Waals surface area contributed by atoms with Crippen LogP contribution < -0.4 is 0 Å². The van der Waals surface area contributed by atoms with E-state index < -0.39 is 0 Å². The molecule has 3 heterocycles. The lowest BCUT2D eigenvalue weighted by Gasteiger charge is -2.12. The van der Waals surface area contributed by atoms with Gasteiger partial charge in [-0.1, -0.05) is 44.2 Å². The molecule has 1 amide bonds. The van der Waals surface area contributed by atoms with E-state index in [1.807, 2.05) is 66.0 Å². The molecule has 1 aliphatic rings. The van der Waals surface area contributed by atoms with E-state index in [0.717, 1.165) is 48.0 Å². The lowest BCUT2D eigenvalue weighted by atomic mass is 10.1. The Labute approximate surface area is 176 Å². The van der Waals surface area contributed by atoms with Crippen molar-refractivity contribution in [1.29, 1.82) is 0 Å². The number of likely N-dealkylation sites (tertiary alicyclic amines) is 1. The van der Waals surface area contributed by atoms with Crippen LogP contribution in [0.3, 0.4) is 0 Å². The zero-order valence-electron chi connectivity index (χ0n) is 17.4. The molecule has 1 saturated heterocycles. The molecule has 2 aromatic carbocycles. The summed E-state index contributed by atoms with van der Waals surface area (Å²) >= 11 is 0. The molecule has 0 aliphatic carbocycles. The van der Waals surface area contributed by atoms with E-state index >= 15 is 0 Å². The summed E-state index contributed by atoms with van der Waals surface area (Å²) in [6, 6.07) is 16.2. The van der Waals surface area contributed by atoms with Crippen molar-refractivity contribution in [2.24, 2.45) is 0 Å². The highest BCUT2D eigenvalue weighted by atomic mass is 16.3. The molecule has 0 atom stereocenters. The molecule has 5 rings (SSSR count). The third kappa shape index (κ3) is 3.99. The Hall–Kier alpha value is -3.41. The SMILES string of the molecule is CC.O=C(c1coc(-c2ccc(Cn3ncc4ccccc43)cc2)n1)N1CCCC1. The van der Waals surface area contributed by atoms with E-state index in [2.05, 4.69) is 22.2 Å². The lowest BCUT2D eigenvalue weighted by molar-refractivity contribution is 0.0787. The summed E-state index contributed by atoms with van der Waals surface area (Å²) in [4.78, 5) is 18.7. The fraction of sp³-hybridized carbons (Fsp3) is 0.292. The molecule has 2 aromatic heterocycles. The summed E-state index contributed by atoms with van der Waals surface area (Å²) in [7, 11) is 0. The summed E-state index contributed by atoms with van der Waals surface area (Å²) in [6.45, 7) is 6.30. The van der Waals surface area contributed by atoms with Gasteiger partial charge in [0.1, 0.15) is 6.26 Å². The van der Waals surface area contributed by atoms with Crippen LogP contribution in [0.5, 0.6) is 0 Å². The number of carbonyl (C=O) groups excluding carboxylic acids is 1. The Bertz CT molecular complexity index is 1120. The minimum absolute atomic E-state index is 0.0466. The molecular formula is C24H26N4O2. The van der Waals surface area contributed by atoms with Crippen molar-refractivity contribution in [3.05, 3.63) is 72.2 Å². The molecular weight excluding hydrogens is 376 g/mol. The maximum absolute atomic E-state index is 12.4. The third-order valence-electron chi connectivity index (χ3n) is 5.20. The maximum atomic E-state index is 12.4. The number of aromatic nitrogens is 3. The van der Waals surface area contributed by atoms with Gasteiger partial charge in [0, 0.05) is 24.0 Å². The van der Waals surface area contributed by atoms with Crippen molar-refractivity contribution in [1.82, 2.24) is 19.7 Å². The number of hydrogen-bond donors (Lipinski definition) is 0. The van der Waals surface area contributed by atoms with Gasteiger partial charge in [0.25, 0.3) is 5.91 Å². The van der Waals surface area contributed by atoms with E-state index in [1.165, 1.54) is 6.26 Å². The molecule has 6 nitrogen and oxygen atoms in total. The lowest BCUT2D eigenvalue weighted by Crippen LogP contribution is -2.27. The normalized spacial score (nSPS) is 13.3. The van der Waals surface area contributed by atoms with Crippen molar-refractivity contribution in [2.45, 2.75) is 33.2 Å². The number of benzene rings is 2. The highest BCUT2D eigenvalue weighted by Gasteiger charge is 2.22. The Balaban J connectivity index is 0.00000106. The number of para-hydroxylation sites is 1. The van der Waals surface area contributed by atoms with E-state index in [9.17, 15) is 4.79 Å². The Kier molecular flexibility index (Phi) is 5.93. The molecule has 0 N–H and O–H groups in total. The Morgan fingerprint density at radius 3 is 2.53 bits per heavy atom. The molecule has 0 bridgehead atoms. The first-order valence-corrected chi connectivity index (χ1v) is 10.5. The van der Waals surface area contributed by atoms with Gasteiger partial charge in [0.05, 0.1) is 18.3 Å². The van der Waals surface area contributed by atoms with Crippen LogP contribution in [0.25, 0.3) is 22.4 Å². The van der Waals surface area contributed by atoms with Crippen molar-refractivity contribution < 1.29 is 9.21 Å². The van der Waals surface area contributed by atoms with E-state index in [1.54, 1.807) is 0 Å². The molecule has 1 fully saturated rings. The number of oxazole rings is 1. The quantitative estimate of drug-likeness (QED) is 0.482. The summed E-state index contributed by atoms with van der Waals surface area (Å²) in [5.74, 6) is 0.424. The van der Waals surface area contributed by atoms with Gasteiger partial charge in [-0.3, -0.25) is 9.48 Å². The van der Waals surface area contributed by atoms with Crippen molar-refractivity contribution in [2.75, 3.05) is 13.1 Å². The van der Waals surface area contributed by atoms with Crippen LogP contribution in [0.1, 0.15) is 42.7 Å². The Morgan fingerprint density at radius 2 is 1.77 bits per heavy atom. The van der Waals surface area contributed by atoms with Crippen LogP contribution >= 0.6 is 0 Å². The van der Waals surface area contributed by atoms with Gasteiger partial charge in [-0.15, -0.1) is 0 Å². The molecule has 30 heavy (non-hydrogen) atoms. The Morgan fingerprint density at radius 1 is 1.03 bits per heavy atom. The summed E-state index contributed by atoms with van der Waals surface area (Å²) < 4.78 is 7.55. The predicted molar refractivity (Wildman–Crippen MR) is 117 cm³/mol. The smallest absolute Gasteiger partial charge is 0.275 e. The van der Waals surface area contributed by atoms with E-state index in [0.29, 0.717) is 18.1 Å². The minimum atomic E-state index is -0.0466. The van der Waals surface area contributed by atoms with Crippen LogP contribution in [0.15, 0.2) is 65.4 Å². The minimum Gasteiger partial charge on any atom is -0.444 e. The van der Waals surface area contributed by atoms with Crippen molar-refractivity contribution in [3.8, 4) is 11.5 Å². The highest BCUT2D eigenvalue weighted by Crippen LogP contribution is 2.22. The third-order valence-corrected chi connectivity index (χ3v) is 5.20. The summed E-state index contributed by atoms with van der Waals surface area (Å²) in [6.07, 6.45) is 5.46. The molecule has 1 aliphatic heterocycles. The van der Waals surface area contributed by atoms with Gasteiger partial charge in [-0.2, -0.15) is 5.10 Å². The zero-order chi connectivity index (χ0) is 20.9. The predicted octanol–water partition coefficient (Wildman–Crippen LogP) is 5.00. The fourth-order valence-electron chi connectivity index (χ4n) is 3.66. The van der Waals surface area contributed by atoms with Gasteiger partial charge >= 0.3 is 0 Å². The molecule has 0 unspecified atom stereocenters. The van der Waals surface area contributed by atoms with Gasteiger partial charge in [0.2, 0.25) is 5.89 Å². The average molecular weight is 402 g/mol. The van der Waals surface area contributed by atoms with Gasteiger partial charge in [-0.25, -0.2) is 4.98 Å². The monoisotopic (exact) mass is 402 g/mol. The molecule has 4 aromatic rings.